The van der Waals surface area contributed by atoms with Crippen molar-refractivity contribution in [2.24, 2.45) is 71.0 Å². The fourth-order valence-electron chi connectivity index (χ4n) is 11.7. The normalized spacial score (nSPS) is 28.2. The SMILES string of the molecule is CC(C)[C@H]1C(=O)O[C@H](C(C)C)C(=O)N(C)[C@@H](C(C)C)C(=O)O[C@H](C(C)C)C(=O)N(C)[C@@H](C(C)C)C(=O)O[C@H](C(C)C)C(=O)N1C.CC[C@@H](C)[C@H]1C(=O)O[C@H](C(C)C)C(=O)N(C)[C@@H]([C@H](C)CC)C(=O)O[C@H](C(C)C)C(=O)N(C)[C@@H]([C@H](C)CC)C(=O)O[C@H](C(C)C)CN1C. The summed E-state index contributed by atoms with van der Waals surface area (Å²) in [6.07, 6.45) is -5.00. The number of hydrogen-bond acceptors (Lipinski definition) is 18. The molecule has 2 rings (SSSR count). The molecule has 0 unspecified atom stereocenters. The highest BCUT2D eigenvalue weighted by Crippen LogP contribution is 2.29. The van der Waals surface area contributed by atoms with Crippen LogP contribution in [0, 0.1) is 71.0 Å². The van der Waals surface area contributed by atoms with Gasteiger partial charge in [-0.3, -0.25) is 33.7 Å². The van der Waals surface area contributed by atoms with Gasteiger partial charge in [0.2, 0.25) is 0 Å². The highest BCUT2D eigenvalue weighted by molar-refractivity contribution is 5.95. The van der Waals surface area contributed by atoms with Gasteiger partial charge >= 0.3 is 35.8 Å². The average Bonchev–Trinajstić information content (AvgIpc) is 0.817. The Morgan fingerprint density at radius 2 is 0.457 bits per heavy atom. The number of carbonyl (C=O) groups excluding carboxylic acids is 11. The zero-order chi connectivity index (χ0) is 71.7. The largest absolute Gasteiger partial charge is 0.459 e. The third-order valence-corrected chi connectivity index (χ3v) is 18.1. The number of likely N-dealkylation sites (N-methyl/N-ethyl adjacent to an activating group) is 6. The zero-order valence-corrected chi connectivity index (χ0v) is 61.8. The first-order valence-corrected chi connectivity index (χ1v) is 33.6. The molecule has 0 aromatic carbocycles. The Balaban J connectivity index is 0.000000921. The molecule has 92 heavy (non-hydrogen) atoms. The second-order valence-electron chi connectivity index (χ2n) is 29.0. The molecule has 5 amide bonds. The van der Waals surface area contributed by atoms with Crippen molar-refractivity contribution in [2.45, 2.75) is 258 Å². The van der Waals surface area contributed by atoms with E-state index in [1.54, 1.807) is 125 Å². The lowest BCUT2D eigenvalue weighted by atomic mass is 9.94. The van der Waals surface area contributed by atoms with Gasteiger partial charge in [0.25, 0.3) is 29.5 Å². The van der Waals surface area contributed by atoms with Crippen LogP contribution in [0.15, 0.2) is 0 Å². The molecule has 2 aliphatic rings. The molecule has 2 aliphatic heterocycles. The van der Waals surface area contributed by atoms with Crippen molar-refractivity contribution in [3.8, 4) is 0 Å². The van der Waals surface area contributed by atoms with Gasteiger partial charge in [0.1, 0.15) is 42.4 Å². The van der Waals surface area contributed by atoms with Crippen LogP contribution in [0.5, 0.6) is 0 Å². The standard InChI is InChI=1S/C36H65N3O8.C33H57N3O9/c1-16-23(10)27-34(42)46-30(21(6)7)32(40)39(15)29(25(12)18-3)36(44)47-31(22(8)9)33(41)38(14)28(24(11)17-2)35(43)45-26(20(4)5)19-37(27)13;1-16(2)22-31(40)43-26(20(9)10)29(38)35(14)24(18(5)6)33(42)45-27(21(11)12)30(39)36(15)23(17(3)4)32(41)44-25(19(7)8)28(37)34(22)13/h20-31H,16-19H2,1-15H3;16-27H,1-15H3/t23-,24-,25-,26+,27+,28+,29+,30-,31-;22-,23-,24-,25+,26+,27+/m10/s1. The quantitative estimate of drug-likeness (QED) is 0.111. The van der Waals surface area contributed by atoms with E-state index in [0.717, 1.165) is 0 Å². The van der Waals surface area contributed by atoms with E-state index in [4.69, 9.17) is 28.4 Å². The van der Waals surface area contributed by atoms with Crippen molar-refractivity contribution in [1.29, 1.82) is 0 Å². The molecule has 23 heteroatoms. The van der Waals surface area contributed by atoms with E-state index in [-0.39, 0.29) is 30.2 Å². The summed E-state index contributed by atoms with van der Waals surface area (Å²) in [4.78, 5) is 161. The Hall–Kier alpha value is -5.87. The van der Waals surface area contributed by atoms with Crippen LogP contribution in [-0.4, -0.2) is 216 Å². The Bertz CT molecular complexity index is 2340. The fraction of sp³-hybridized carbons (Fsp3) is 0.841. The summed E-state index contributed by atoms with van der Waals surface area (Å²) in [6, 6.07) is -6.04. The lowest BCUT2D eigenvalue weighted by Crippen LogP contribution is -2.57. The van der Waals surface area contributed by atoms with Crippen molar-refractivity contribution < 1.29 is 81.2 Å². The number of hydrogen-bond donors (Lipinski definition) is 0. The molecule has 0 saturated carbocycles. The summed E-state index contributed by atoms with van der Waals surface area (Å²) in [5, 5.41) is 0. The molecule has 0 bridgehead atoms. The van der Waals surface area contributed by atoms with Crippen molar-refractivity contribution in [2.75, 3.05) is 48.8 Å². The van der Waals surface area contributed by atoms with Gasteiger partial charge in [0, 0.05) is 41.8 Å². The van der Waals surface area contributed by atoms with Gasteiger partial charge in [-0.25, -0.2) is 24.0 Å². The van der Waals surface area contributed by atoms with E-state index in [1.807, 2.05) is 60.3 Å². The van der Waals surface area contributed by atoms with Crippen molar-refractivity contribution in [1.82, 2.24) is 29.4 Å². The predicted molar refractivity (Wildman–Crippen MR) is 350 cm³/mol. The second kappa shape index (κ2) is 37.3. The third-order valence-electron chi connectivity index (χ3n) is 18.1. The molecular weight excluding hydrogens is 1180 g/mol. The molecule has 23 nitrogen and oxygen atoms in total. The Morgan fingerprint density at radius 1 is 0.272 bits per heavy atom. The lowest BCUT2D eigenvalue weighted by molar-refractivity contribution is -0.181. The minimum atomic E-state index is -1.28. The van der Waals surface area contributed by atoms with Crippen LogP contribution in [-0.2, 0) is 81.2 Å². The molecule has 0 aromatic rings. The van der Waals surface area contributed by atoms with Crippen LogP contribution >= 0.6 is 0 Å². The van der Waals surface area contributed by atoms with E-state index in [1.165, 1.54) is 52.7 Å². The highest BCUT2D eigenvalue weighted by Gasteiger charge is 2.48. The van der Waals surface area contributed by atoms with E-state index in [9.17, 15) is 52.7 Å². The van der Waals surface area contributed by atoms with Gasteiger partial charge in [0.05, 0.1) is 0 Å². The van der Waals surface area contributed by atoms with Crippen LogP contribution in [0.1, 0.15) is 185 Å². The summed E-state index contributed by atoms with van der Waals surface area (Å²) >= 11 is 0. The molecule has 0 aliphatic carbocycles. The minimum absolute atomic E-state index is 0.111. The summed E-state index contributed by atoms with van der Waals surface area (Å²) in [7, 11) is 9.15. The highest BCUT2D eigenvalue weighted by atomic mass is 16.6. The van der Waals surface area contributed by atoms with Gasteiger partial charge in [-0.2, -0.15) is 0 Å². The number of rotatable bonds is 15. The van der Waals surface area contributed by atoms with E-state index in [2.05, 4.69) is 0 Å². The molecule has 2 fully saturated rings. The first-order chi connectivity index (χ1) is 42.3. The van der Waals surface area contributed by atoms with Crippen LogP contribution < -0.4 is 0 Å². The second-order valence-corrected chi connectivity index (χ2v) is 29.0. The molecule has 15 atom stereocenters. The number of nitrogens with zero attached hydrogens (tertiary/aromatic N) is 6. The molecule has 2 heterocycles. The molecule has 0 spiro atoms. The maximum Gasteiger partial charge on any atom is 0.329 e. The topological polar surface area (TPSA) is 263 Å². The number of carbonyl (C=O) groups is 11. The van der Waals surface area contributed by atoms with Gasteiger partial charge in [-0.1, -0.05) is 185 Å². The monoisotopic (exact) mass is 1310 g/mol. The first kappa shape index (κ1) is 84.1. The number of ether oxygens (including phenoxy) is 6. The Kier molecular flexibility index (Phi) is 34.1. The third kappa shape index (κ3) is 21.6. The van der Waals surface area contributed by atoms with Crippen LogP contribution in [0.25, 0.3) is 0 Å². The van der Waals surface area contributed by atoms with Crippen molar-refractivity contribution >= 4 is 65.4 Å². The van der Waals surface area contributed by atoms with Crippen LogP contribution in [0.2, 0.25) is 0 Å². The maximum atomic E-state index is 14.1. The van der Waals surface area contributed by atoms with E-state index >= 15 is 0 Å². The molecule has 0 radical (unpaired) electrons. The summed E-state index contributed by atoms with van der Waals surface area (Å²) in [5.74, 6) is -11.5. The Morgan fingerprint density at radius 3 is 0.652 bits per heavy atom. The molecule has 2 saturated heterocycles. The summed E-state index contributed by atoms with van der Waals surface area (Å²) < 4.78 is 35.6. The smallest absolute Gasteiger partial charge is 0.329 e. The zero-order valence-electron chi connectivity index (χ0n) is 61.8. The predicted octanol–water partition coefficient (Wildman–Crippen LogP) is 7.95. The van der Waals surface area contributed by atoms with Crippen LogP contribution in [0.4, 0.5) is 0 Å². The van der Waals surface area contributed by atoms with Gasteiger partial charge < -0.3 is 52.9 Å². The van der Waals surface area contributed by atoms with E-state index in [0.29, 0.717) is 19.3 Å². The molecule has 0 N–H and O–H groups in total. The van der Waals surface area contributed by atoms with Crippen molar-refractivity contribution in [3.05, 3.63) is 0 Å². The summed E-state index contributed by atoms with van der Waals surface area (Å²) in [6.45, 7) is 43.4. The Labute approximate surface area is 552 Å². The molecular formula is C69H122N6O17. The molecule has 0 aromatic heterocycles. The van der Waals surface area contributed by atoms with E-state index < -0.39 is 186 Å². The summed E-state index contributed by atoms with van der Waals surface area (Å²) in [5.41, 5.74) is 0. The number of amides is 5. The maximum absolute atomic E-state index is 14.1. The van der Waals surface area contributed by atoms with Crippen LogP contribution in [0.3, 0.4) is 0 Å². The van der Waals surface area contributed by atoms with Gasteiger partial charge in [0.15, 0.2) is 30.5 Å². The lowest BCUT2D eigenvalue weighted by Gasteiger charge is -2.39. The first-order valence-electron chi connectivity index (χ1n) is 33.6. The molecule has 530 valence electrons. The average molecular weight is 1310 g/mol. The van der Waals surface area contributed by atoms with Crippen molar-refractivity contribution in [3.63, 3.8) is 0 Å². The number of cyclic esters (lactones) is 6. The fourth-order valence-corrected chi connectivity index (χ4v) is 11.7. The van der Waals surface area contributed by atoms with Gasteiger partial charge in [-0.15, -0.1) is 0 Å². The number of esters is 6. The minimum Gasteiger partial charge on any atom is -0.459 e. The van der Waals surface area contributed by atoms with Gasteiger partial charge in [-0.05, 0) is 78.1 Å².